The third kappa shape index (κ3) is 4.12. The van der Waals surface area contributed by atoms with Crippen LogP contribution < -0.4 is 4.90 Å². The van der Waals surface area contributed by atoms with E-state index in [9.17, 15) is 10.5 Å². The number of hydrogen-bond acceptors (Lipinski definition) is 4. The van der Waals surface area contributed by atoms with Crippen molar-refractivity contribution in [2.75, 3.05) is 4.90 Å². The van der Waals surface area contributed by atoms with Crippen LogP contribution in [-0.2, 0) is 0 Å². The highest BCUT2D eigenvalue weighted by Crippen LogP contribution is 2.48. The topological polar surface area (TPSA) is 68.6 Å². The molecule has 2 unspecified atom stereocenters. The summed E-state index contributed by atoms with van der Waals surface area (Å²) in [5.41, 5.74) is 11.3. The smallest absolute Gasteiger partial charge is 0.101 e. The number of para-hydroxylation sites is 3. The summed E-state index contributed by atoms with van der Waals surface area (Å²) >= 11 is 0. The van der Waals surface area contributed by atoms with Crippen LogP contribution in [0.2, 0.25) is 0 Å². The van der Waals surface area contributed by atoms with Gasteiger partial charge in [-0.05, 0) is 58.7 Å². The van der Waals surface area contributed by atoms with E-state index in [-0.39, 0.29) is 12.0 Å². The molecule has 224 valence electrons. The summed E-state index contributed by atoms with van der Waals surface area (Å²) in [4.78, 5) is 6.74. The number of fused-ring (bicyclic) bond motifs is 6. The van der Waals surface area contributed by atoms with E-state index in [1.165, 1.54) is 11.3 Å². The summed E-state index contributed by atoms with van der Waals surface area (Å²) in [5, 5.41) is 22.8. The summed E-state index contributed by atoms with van der Waals surface area (Å²) in [6, 6.07) is 44.3. The third-order valence-corrected chi connectivity index (χ3v) is 9.72. The van der Waals surface area contributed by atoms with Crippen LogP contribution in [0.3, 0.4) is 0 Å². The maximum atomic E-state index is 10.3. The van der Waals surface area contributed by atoms with Gasteiger partial charge in [0.05, 0.1) is 40.0 Å². The standard InChI is InChI=1S/C43H27N5/c44-25-30-8-7-12-34(43(30)48-41-15-6-3-11-37(41)38-27-46-23-22-42(38)48)29-18-16-28(17-19-29)33-21-20-32(24-31(33)26-45)47-39-13-4-1-9-35(39)36-10-2-5-14-40(36)47/h1-24,27,35,39H. The quantitative estimate of drug-likeness (QED) is 0.198. The van der Waals surface area contributed by atoms with Crippen molar-refractivity contribution < 1.29 is 0 Å². The van der Waals surface area contributed by atoms with E-state index in [1.54, 1.807) is 6.20 Å². The van der Waals surface area contributed by atoms with Crippen molar-refractivity contribution in [2.45, 2.75) is 12.0 Å². The minimum absolute atomic E-state index is 0.174. The minimum Gasteiger partial charge on any atom is -0.333 e. The highest BCUT2D eigenvalue weighted by atomic mass is 15.2. The molecular formula is C43H27N5. The van der Waals surface area contributed by atoms with Crippen LogP contribution in [0.4, 0.5) is 11.4 Å². The van der Waals surface area contributed by atoms with E-state index in [1.807, 2.05) is 42.6 Å². The molecule has 5 nitrogen and oxygen atoms in total. The van der Waals surface area contributed by atoms with Crippen LogP contribution in [0, 0.1) is 22.7 Å². The monoisotopic (exact) mass is 613 g/mol. The molecule has 1 aliphatic heterocycles. The fourth-order valence-electron chi connectivity index (χ4n) is 7.61. The van der Waals surface area contributed by atoms with Gasteiger partial charge in [-0.1, -0.05) is 103 Å². The molecule has 0 saturated heterocycles. The molecule has 7 aromatic rings. The Labute approximate surface area is 278 Å². The lowest BCUT2D eigenvalue weighted by Crippen LogP contribution is -2.28. The van der Waals surface area contributed by atoms with Crippen molar-refractivity contribution in [2.24, 2.45) is 0 Å². The lowest BCUT2D eigenvalue weighted by molar-refractivity contribution is 0.744. The molecule has 0 radical (unpaired) electrons. The minimum atomic E-state index is 0.174. The normalized spacial score (nSPS) is 16.1. The van der Waals surface area contributed by atoms with Crippen LogP contribution in [0.5, 0.6) is 0 Å². The van der Waals surface area contributed by atoms with Crippen molar-refractivity contribution in [1.82, 2.24) is 9.55 Å². The third-order valence-electron chi connectivity index (χ3n) is 9.72. The van der Waals surface area contributed by atoms with Gasteiger partial charge < -0.3 is 9.47 Å². The second-order valence-electron chi connectivity index (χ2n) is 12.2. The lowest BCUT2D eigenvalue weighted by Gasteiger charge is -2.29. The van der Waals surface area contributed by atoms with Gasteiger partial charge in [-0.2, -0.15) is 10.5 Å². The van der Waals surface area contributed by atoms with Crippen LogP contribution in [0.15, 0.2) is 152 Å². The summed E-state index contributed by atoms with van der Waals surface area (Å²) in [6.07, 6.45) is 12.4. The number of pyridine rings is 1. The molecule has 5 heteroatoms. The van der Waals surface area contributed by atoms with E-state index in [2.05, 4.69) is 130 Å². The van der Waals surface area contributed by atoms with Gasteiger partial charge in [0.15, 0.2) is 0 Å². The Bertz CT molecular complexity index is 2500. The van der Waals surface area contributed by atoms with Crippen molar-refractivity contribution in [3.8, 4) is 40.1 Å². The Morgan fingerprint density at radius 3 is 2.23 bits per heavy atom. The van der Waals surface area contributed by atoms with E-state index in [4.69, 9.17) is 0 Å². The number of anilines is 2. The average Bonchev–Trinajstić information content (AvgIpc) is 3.67. The molecule has 1 aliphatic carbocycles. The molecule has 0 fully saturated rings. The fraction of sp³-hybridized carbons (Fsp3) is 0.0465. The first-order valence-electron chi connectivity index (χ1n) is 16.0. The first-order valence-corrected chi connectivity index (χ1v) is 16.0. The van der Waals surface area contributed by atoms with Gasteiger partial charge in [0, 0.05) is 46.0 Å². The van der Waals surface area contributed by atoms with Gasteiger partial charge >= 0.3 is 0 Å². The van der Waals surface area contributed by atoms with Gasteiger partial charge in [0.25, 0.3) is 0 Å². The first kappa shape index (κ1) is 27.6. The molecule has 5 aromatic carbocycles. The molecule has 2 atom stereocenters. The Balaban J connectivity index is 1.13. The van der Waals surface area contributed by atoms with Crippen molar-refractivity contribution in [3.63, 3.8) is 0 Å². The fourth-order valence-corrected chi connectivity index (χ4v) is 7.61. The molecule has 0 N–H and O–H groups in total. The number of nitriles is 2. The SMILES string of the molecule is N#Cc1cc(N2c3ccccc3C3C=CC=CC32)ccc1-c1ccc(-c2cccc(C#N)c2-n2c3ccccc3c3cnccc32)cc1. The molecule has 0 bridgehead atoms. The van der Waals surface area contributed by atoms with E-state index >= 15 is 0 Å². The summed E-state index contributed by atoms with van der Waals surface area (Å²) in [5.74, 6) is 0.285. The predicted octanol–water partition coefficient (Wildman–Crippen LogP) is 9.99. The number of benzene rings is 5. The lowest BCUT2D eigenvalue weighted by atomic mass is 9.91. The predicted molar refractivity (Wildman–Crippen MR) is 192 cm³/mol. The van der Waals surface area contributed by atoms with E-state index in [0.29, 0.717) is 11.1 Å². The van der Waals surface area contributed by atoms with Crippen molar-refractivity contribution in [1.29, 1.82) is 10.5 Å². The zero-order chi connectivity index (χ0) is 32.2. The largest absolute Gasteiger partial charge is 0.333 e. The highest BCUT2D eigenvalue weighted by Gasteiger charge is 2.37. The second kappa shape index (κ2) is 11.0. The number of aromatic nitrogens is 2. The Kier molecular flexibility index (Phi) is 6.32. The molecule has 0 spiro atoms. The maximum Gasteiger partial charge on any atom is 0.101 e. The van der Waals surface area contributed by atoms with Gasteiger partial charge in [0.1, 0.15) is 6.07 Å². The molecular weight excluding hydrogens is 587 g/mol. The Morgan fingerprint density at radius 2 is 1.38 bits per heavy atom. The van der Waals surface area contributed by atoms with Gasteiger partial charge in [0.2, 0.25) is 0 Å². The van der Waals surface area contributed by atoms with Crippen LogP contribution in [0.25, 0.3) is 49.7 Å². The summed E-state index contributed by atoms with van der Waals surface area (Å²) < 4.78 is 2.18. The number of hydrogen-bond donors (Lipinski definition) is 0. The molecule has 9 rings (SSSR count). The second-order valence-corrected chi connectivity index (χ2v) is 12.2. The number of rotatable bonds is 4. The summed E-state index contributed by atoms with van der Waals surface area (Å²) in [6.45, 7) is 0. The van der Waals surface area contributed by atoms with E-state index < -0.39 is 0 Å². The Morgan fingerprint density at radius 1 is 0.625 bits per heavy atom. The Hall–Kier alpha value is -6.69. The molecule has 0 amide bonds. The maximum absolute atomic E-state index is 10.3. The average molecular weight is 614 g/mol. The first-order chi connectivity index (χ1) is 23.7. The molecule has 2 aromatic heterocycles. The highest BCUT2D eigenvalue weighted by molar-refractivity contribution is 6.09. The molecule has 3 heterocycles. The number of allylic oxidation sites excluding steroid dienone is 2. The van der Waals surface area contributed by atoms with E-state index in [0.717, 1.165) is 55.4 Å². The van der Waals surface area contributed by atoms with Crippen molar-refractivity contribution in [3.05, 3.63) is 169 Å². The van der Waals surface area contributed by atoms with Crippen LogP contribution in [0.1, 0.15) is 22.6 Å². The zero-order valence-corrected chi connectivity index (χ0v) is 25.8. The zero-order valence-electron chi connectivity index (χ0n) is 25.8. The molecule has 2 aliphatic rings. The van der Waals surface area contributed by atoms with Crippen LogP contribution >= 0.6 is 0 Å². The van der Waals surface area contributed by atoms with Gasteiger partial charge in [-0.25, -0.2) is 0 Å². The van der Waals surface area contributed by atoms with Gasteiger partial charge in [-0.3, -0.25) is 4.98 Å². The number of nitrogens with zero attached hydrogens (tertiary/aromatic N) is 5. The molecule has 0 saturated carbocycles. The van der Waals surface area contributed by atoms with Gasteiger partial charge in [-0.15, -0.1) is 0 Å². The molecule has 48 heavy (non-hydrogen) atoms. The van der Waals surface area contributed by atoms with Crippen LogP contribution in [-0.4, -0.2) is 15.6 Å². The van der Waals surface area contributed by atoms with Crippen molar-refractivity contribution >= 4 is 33.2 Å². The summed E-state index contributed by atoms with van der Waals surface area (Å²) in [7, 11) is 0.